The van der Waals surface area contributed by atoms with E-state index < -0.39 is 12.1 Å². The molecule has 1 heterocycles. The van der Waals surface area contributed by atoms with Crippen LogP contribution in [0.15, 0.2) is 30.3 Å². The first-order chi connectivity index (χ1) is 11.5. The third-order valence-electron chi connectivity index (χ3n) is 3.68. The zero-order valence-corrected chi connectivity index (χ0v) is 14.2. The summed E-state index contributed by atoms with van der Waals surface area (Å²) in [6.45, 7) is 4.99. The molecule has 2 atom stereocenters. The van der Waals surface area contributed by atoms with Crippen LogP contribution in [-0.4, -0.2) is 30.8 Å². The minimum atomic E-state index is -0.615. The van der Waals surface area contributed by atoms with Gasteiger partial charge < -0.3 is 15.4 Å². The van der Waals surface area contributed by atoms with E-state index in [4.69, 9.17) is 4.74 Å². The highest BCUT2D eigenvalue weighted by atomic mass is 16.5. The van der Waals surface area contributed by atoms with Crippen molar-refractivity contribution >= 4 is 12.0 Å². The first-order valence-electron chi connectivity index (χ1n) is 8.30. The molecule has 2 unspecified atom stereocenters. The van der Waals surface area contributed by atoms with Crippen molar-refractivity contribution in [1.82, 2.24) is 21.5 Å². The van der Waals surface area contributed by atoms with Gasteiger partial charge in [0, 0.05) is 6.54 Å². The van der Waals surface area contributed by atoms with Crippen molar-refractivity contribution in [2.75, 3.05) is 6.54 Å². The van der Waals surface area contributed by atoms with E-state index in [0.717, 1.165) is 18.5 Å². The Labute approximate surface area is 142 Å². The van der Waals surface area contributed by atoms with Crippen LogP contribution in [-0.2, 0) is 16.1 Å². The van der Waals surface area contributed by atoms with Crippen molar-refractivity contribution in [2.45, 2.75) is 45.5 Å². The van der Waals surface area contributed by atoms with E-state index in [1.54, 1.807) is 0 Å². The normalized spacial score (nSPS) is 18.2. The van der Waals surface area contributed by atoms with Gasteiger partial charge in [-0.3, -0.25) is 10.2 Å². The van der Waals surface area contributed by atoms with Crippen LogP contribution in [0.1, 0.15) is 32.3 Å². The summed E-state index contributed by atoms with van der Waals surface area (Å²) in [5.41, 5.74) is 6.83. The van der Waals surface area contributed by atoms with Crippen molar-refractivity contribution in [3.63, 3.8) is 0 Å². The summed E-state index contributed by atoms with van der Waals surface area (Å²) in [4.78, 5) is 24.4. The number of carbonyl (C=O) groups is 2. The second kappa shape index (κ2) is 9.24. The third kappa shape index (κ3) is 6.17. The zero-order chi connectivity index (χ0) is 17.4. The van der Waals surface area contributed by atoms with E-state index >= 15 is 0 Å². The molecular weight excluding hydrogens is 308 g/mol. The predicted octanol–water partition coefficient (Wildman–Crippen LogP) is 1.27. The van der Waals surface area contributed by atoms with E-state index in [-0.39, 0.29) is 24.6 Å². The molecule has 0 bridgehead atoms. The molecule has 1 aliphatic heterocycles. The van der Waals surface area contributed by atoms with Crippen molar-refractivity contribution in [3.8, 4) is 0 Å². The van der Waals surface area contributed by atoms with Crippen molar-refractivity contribution < 1.29 is 14.3 Å². The van der Waals surface area contributed by atoms with E-state index in [1.807, 2.05) is 44.2 Å². The fraction of sp³-hybridized carbons (Fsp3) is 0.529. The van der Waals surface area contributed by atoms with Gasteiger partial charge in [0.1, 0.15) is 12.6 Å². The summed E-state index contributed by atoms with van der Waals surface area (Å²) in [7, 11) is 0. The Bertz CT molecular complexity index is 530. The summed E-state index contributed by atoms with van der Waals surface area (Å²) in [6.07, 6.45) is 0.650. The second-order valence-electron chi connectivity index (χ2n) is 6.31. The van der Waals surface area contributed by atoms with E-state index in [2.05, 4.69) is 21.5 Å². The van der Waals surface area contributed by atoms with Crippen LogP contribution in [0.3, 0.4) is 0 Å². The van der Waals surface area contributed by atoms with Gasteiger partial charge in [-0.25, -0.2) is 10.2 Å². The van der Waals surface area contributed by atoms with Gasteiger partial charge in [-0.1, -0.05) is 44.2 Å². The maximum Gasteiger partial charge on any atom is 0.408 e. The molecule has 1 fully saturated rings. The van der Waals surface area contributed by atoms with E-state index in [9.17, 15) is 9.59 Å². The van der Waals surface area contributed by atoms with Crippen LogP contribution < -0.4 is 21.5 Å². The van der Waals surface area contributed by atoms with Crippen LogP contribution in [0.25, 0.3) is 0 Å². The molecule has 2 rings (SSSR count). The molecule has 4 N–H and O–H groups in total. The molecule has 24 heavy (non-hydrogen) atoms. The van der Waals surface area contributed by atoms with Crippen molar-refractivity contribution in [3.05, 3.63) is 35.9 Å². The Morgan fingerprint density at radius 2 is 2.04 bits per heavy atom. The number of hydrogen-bond donors (Lipinski definition) is 4. The van der Waals surface area contributed by atoms with Crippen molar-refractivity contribution in [2.24, 2.45) is 5.92 Å². The number of nitrogens with one attached hydrogen (secondary N) is 4. The molecule has 2 amide bonds. The number of alkyl carbamates (subject to hydrolysis) is 1. The lowest BCUT2D eigenvalue weighted by atomic mass is 10.0. The van der Waals surface area contributed by atoms with Gasteiger partial charge in [0.15, 0.2) is 0 Å². The lowest BCUT2D eigenvalue weighted by molar-refractivity contribution is -0.124. The number of benzene rings is 1. The molecule has 1 aromatic rings. The van der Waals surface area contributed by atoms with Gasteiger partial charge in [0.2, 0.25) is 5.91 Å². The number of carbonyl (C=O) groups excluding carboxylic acids is 2. The van der Waals surface area contributed by atoms with Gasteiger partial charge in [-0.2, -0.15) is 0 Å². The molecule has 1 aromatic carbocycles. The molecule has 0 aromatic heterocycles. The lowest BCUT2D eigenvalue weighted by Crippen LogP contribution is -2.53. The van der Waals surface area contributed by atoms with Gasteiger partial charge in [-0.15, -0.1) is 0 Å². The van der Waals surface area contributed by atoms with Crippen LogP contribution in [0.2, 0.25) is 0 Å². The van der Waals surface area contributed by atoms with E-state index in [0.29, 0.717) is 6.42 Å². The van der Waals surface area contributed by atoms with E-state index in [1.165, 1.54) is 0 Å². The Hall–Kier alpha value is -2.12. The molecule has 0 saturated carbocycles. The Balaban J connectivity index is 1.84. The maximum absolute atomic E-state index is 12.4. The largest absolute Gasteiger partial charge is 0.445 e. The van der Waals surface area contributed by atoms with Gasteiger partial charge in [0.05, 0.1) is 6.17 Å². The average Bonchev–Trinajstić information content (AvgIpc) is 3.06. The van der Waals surface area contributed by atoms with Crippen LogP contribution in [0.4, 0.5) is 4.79 Å². The fourth-order valence-electron chi connectivity index (χ4n) is 2.47. The Morgan fingerprint density at radius 1 is 1.29 bits per heavy atom. The highest BCUT2D eigenvalue weighted by Gasteiger charge is 2.25. The first kappa shape index (κ1) is 18.2. The summed E-state index contributed by atoms with van der Waals surface area (Å²) >= 11 is 0. The molecule has 0 spiro atoms. The van der Waals surface area contributed by atoms with Crippen molar-refractivity contribution in [1.29, 1.82) is 0 Å². The minimum Gasteiger partial charge on any atom is -0.445 e. The number of rotatable bonds is 7. The highest BCUT2D eigenvalue weighted by Crippen LogP contribution is 2.07. The standard InChI is InChI=1S/C17H26N4O3/c1-12(2)10-14(16(22)20-15-8-9-18-21-15)19-17(23)24-11-13-6-4-3-5-7-13/h3-7,12,14-15,18,21H,8-11H2,1-2H3,(H,19,23)(H,20,22). The predicted molar refractivity (Wildman–Crippen MR) is 90.7 cm³/mol. The van der Waals surface area contributed by atoms with Gasteiger partial charge in [-0.05, 0) is 24.3 Å². The smallest absolute Gasteiger partial charge is 0.408 e. The number of ether oxygens (including phenoxy) is 1. The molecule has 0 aliphatic carbocycles. The molecule has 7 heteroatoms. The Morgan fingerprint density at radius 3 is 2.67 bits per heavy atom. The first-order valence-corrected chi connectivity index (χ1v) is 8.30. The summed E-state index contributed by atoms with van der Waals surface area (Å²) < 4.78 is 5.20. The molecule has 132 valence electrons. The lowest BCUT2D eigenvalue weighted by Gasteiger charge is -2.22. The summed E-state index contributed by atoms with van der Waals surface area (Å²) in [6, 6.07) is 8.81. The molecular formula is C17H26N4O3. The summed E-state index contributed by atoms with van der Waals surface area (Å²) in [5.74, 6) is 0.0615. The van der Waals surface area contributed by atoms with Gasteiger partial charge in [0.25, 0.3) is 0 Å². The number of amides is 2. The number of hydrogen-bond acceptors (Lipinski definition) is 5. The van der Waals surface area contributed by atoms with Gasteiger partial charge >= 0.3 is 6.09 Å². The second-order valence-corrected chi connectivity index (χ2v) is 6.31. The SMILES string of the molecule is CC(C)CC(NC(=O)OCc1ccccc1)C(=O)NC1CCNN1. The molecule has 1 saturated heterocycles. The third-order valence-corrected chi connectivity index (χ3v) is 3.68. The fourth-order valence-corrected chi connectivity index (χ4v) is 2.47. The van der Waals surface area contributed by atoms with Crippen LogP contribution in [0, 0.1) is 5.92 Å². The molecule has 0 radical (unpaired) electrons. The average molecular weight is 334 g/mol. The monoisotopic (exact) mass is 334 g/mol. The molecule has 7 nitrogen and oxygen atoms in total. The summed E-state index contributed by atoms with van der Waals surface area (Å²) in [5, 5.41) is 5.55. The topological polar surface area (TPSA) is 91.5 Å². The number of hydrazine groups is 1. The maximum atomic E-state index is 12.4. The highest BCUT2D eigenvalue weighted by molar-refractivity contribution is 5.85. The zero-order valence-electron chi connectivity index (χ0n) is 14.2. The van der Waals surface area contributed by atoms with Crippen LogP contribution in [0.5, 0.6) is 0 Å². The Kier molecular flexibility index (Phi) is 7.02. The van der Waals surface area contributed by atoms with Crippen LogP contribution >= 0.6 is 0 Å². The minimum absolute atomic E-state index is 0.116. The quantitative estimate of drug-likeness (QED) is 0.603. The molecule has 1 aliphatic rings.